The van der Waals surface area contributed by atoms with Crippen molar-refractivity contribution in [1.29, 1.82) is 0 Å². The Morgan fingerprint density at radius 3 is 2.85 bits per heavy atom. The van der Waals surface area contributed by atoms with Gasteiger partial charge >= 0.3 is 5.63 Å². The number of benzene rings is 2. The molecular formula is C21H20N2O4. The summed E-state index contributed by atoms with van der Waals surface area (Å²) in [5.41, 5.74) is 7.39. The van der Waals surface area contributed by atoms with Gasteiger partial charge in [-0.15, -0.1) is 0 Å². The zero-order valence-electron chi connectivity index (χ0n) is 14.8. The van der Waals surface area contributed by atoms with Gasteiger partial charge in [0.2, 0.25) is 0 Å². The van der Waals surface area contributed by atoms with Crippen LogP contribution < -0.4 is 11.4 Å². The molecule has 2 aromatic carbocycles. The van der Waals surface area contributed by atoms with E-state index in [1.54, 1.807) is 41.3 Å². The minimum atomic E-state index is -0.423. The number of hydrogen-bond acceptors (Lipinski definition) is 5. The lowest BCUT2D eigenvalue weighted by atomic mass is 10.0. The first kappa shape index (κ1) is 17.5. The number of fused-ring (bicyclic) bond motifs is 1. The van der Waals surface area contributed by atoms with Gasteiger partial charge in [0.25, 0.3) is 5.91 Å². The van der Waals surface area contributed by atoms with Crippen LogP contribution in [-0.4, -0.2) is 43.2 Å². The van der Waals surface area contributed by atoms with E-state index in [1.807, 2.05) is 18.2 Å². The smallest absolute Gasteiger partial charge is 0.344 e. The number of nitrogens with zero attached hydrogens (tertiary/aromatic N) is 1. The Morgan fingerprint density at radius 1 is 1.15 bits per heavy atom. The summed E-state index contributed by atoms with van der Waals surface area (Å²) in [5.74, 6) is -0.0937. The normalized spacial score (nSPS) is 17.2. The molecule has 1 saturated heterocycles. The Bertz CT molecular complexity index is 1040. The number of carbonyl (C=O) groups is 1. The predicted molar refractivity (Wildman–Crippen MR) is 103 cm³/mol. The first-order valence-electron chi connectivity index (χ1n) is 8.90. The lowest BCUT2D eigenvalue weighted by Gasteiger charge is -2.32. The monoisotopic (exact) mass is 364 g/mol. The van der Waals surface area contributed by atoms with Crippen LogP contribution in [0.3, 0.4) is 0 Å². The Balaban J connectivity index is 1.68. The van der Waals surface area contributed by atoms with Crippen LogP contribution in [0.4, 0.5) is 0 Å². The van der Waals surface area contributed by atoms with Crippen LogP contribution in [0.25, 0.3) is 22.1 Å². The number of hydrogen-bond donors (Lipinski definition) is 1. The van der Waals surface area contributed by atoms with E-state index in [0.717, 1.165) is 5.39 Å². The summed E-state index contributed by atoms with van der Waals surface area (Å²) >= 11 is 0. The molecule has 0 aliphatic carbocycles. The van der Waals surface area contributed by atoms with Gasteiger partial charge in [-0.25, -0.2) is 4.79 Å². The van der Waals surface area contributed by atoms with Crippen molar-refractivity contribution in [3.8, 4) is 11.1 Å². The van der Waals surface area contributed by atoms with E-state index in [9.17, 15) is 9.59 Å². The molecule has 138 valence electrons. The third kappa shape index (κ3) is 3.49. The van der Waals surface area contributed by atoms with Crippen LogP contribution in [0.15, 0.2) is 63.8 Å². The summed E-state index contributed by atoms with van der Waals surface area (Å²) in [6.45, 7) is 1.85. The van der Waals surface area contributed by atoms with Gasteiger partial charge in [0.15, 0.2) is 0 Å². The number of para-hydroxylation sites is 1. The Kier molecular flexibility index (Phi) is 4.75. The fraction of sp³-hybridized carbons (Fsp3) is 0.238. The summed E-state index contributed by atoms with van der Waals surface area (Å²) in [5, 5.41) is 0.836. The van der Waals surface area contributed by atoms with Crippen LogP contribution >= 0.6 is 0 Å². The van der Waals surface area contributed by atoms with Gasteiger partial charge < -0.3 is 19.8 Å². The molecule has 0 radical (unpaired) electrons. The maximum absolute atomic E-state index is 12.9. The second kappa shape index (κ2) is 7.34. The topological polar surface area (TPSA) is 85.8 Å². The molecule has 1 aromatic heterocycles. The first-order valence-corrected chi connectivity index (χ1v) is 8.90. The molecule has 1 fully saturated rings. The van der Waals surface area contributed by atoms with E-state index in [1.165, 1.54) is 0 Å². The van der Waals surface area contributed by atoms with Crippen LogP contribution in [0.5, 0.6) is 0 Å². The van der Waals surface area contributed by atoms with Crippen LogP contribution in [0, 0.1) is 0 Å². The molecule has 1 atom stereocenters. The lowest BCUT2D eigenvalue weighted by molar-refractivity contribution is -0.0167. The summed E-state index contributed by atoms with van der Waals surface area (Å²) < 4.78 is 10.9. The van der Waals surface area contributed by atoms with Gasteiger partial charge in [0.05, 0.1) is 18.3 Å². The van der Waals surface area contributed by atoms with Crippen molar-refractivity contribution in [3.63, 3.8) is 0 Å². The number of nitrogens with two attached hydrogens (primary N) is 1. The zero-order chi connectivity index (χ0) is 18.8. The molecule has 1 aliphatic heterocycles. The maximum Gasteiger partial charge on any atom is 0.344 e. The molecule has 6 heteroatoms. The number of amides is 1. The van der Waals surface area contributed by atoms with E-state index >= 15 is 0 Å². The maximum atomic E-state index is 12.9. The Hall–Kier alpha value is -2.96. The van der Waals surface area contributed by atoms with Crippen molar-refractivity contribution in [1.82, 2.24) is 4.90 Å². The molecule has 6 nitrogen and oxygen atoms in total. The molecule has 0 spiro atoms. The minimum Gasteiger partial charge on any atom is -0.422 e. The van der Waals surface area contributed by atoms with E-state index < -0.39 is 5.63 Å². The van der Waals surface area contributed by atoms with Gasteiger partial charge in [-0.05, 0) is 29.8 Å². The molecule has 27 heavy (non-hydrogen) atoms. The minimum absolute atomic E-state index is 0.0937. The van der Waals surface area contributed by atoms with E-state index in [4.69, 9.17) is 14.9 Å². The number of carbonyl (C=O) groups excluding carboxylic acids is 1. The largest absolute Gasteiger partial charge is 0.422 e. The van der Waals surface area contributed by atoms with Gasteiger partial charge in [-0.1, -0.05) is 30.3 Å². The fourth-order valence-electron chi connectivity index (χ4n) is 3.31. The number of rotatable bonds is 3. The quantitative estimate of drug-likeness (QED) is 0.721. The predicted octanol–water partition coefficient (Wildman–Crippen LogP) is 2.26. The molecule has 1 unspecified atom stereocenters. The Morgan fingerprint density at radius 2 is 2.00 bits per heavy atom. The fourth-order valence-corrected chi connectivity index (χ4v) is 3.31. The summed E-state index contributed by atoms with van der Waals surface area (Å²) in [4.78, 5) is 27.0. The van der Waals surface area contributed by atoms with Crippen molar-refractivity contribution in [2.24, 2.45) is 5.73 Å². The molecule has 2 heterocycles. The van der Waals surface area contributed by atoms with Crippen LogP contribution in [0.2, 0.25) is 0 Å². The van der Waals surface area contributed by atoms with Gasteiger partial charge in [0.1, 0.15) is 5.58 Å². The molecule has 0 saturated carbocycles. The van der Waals surface area contributed by atoms with Gasteiger partial charge in [-0.3, -0.25) is 4.79 Å². The SMILES string of the molecule is NCC1CN(C(=O)c2cccc(-c3cc4ccccc4oc3=O)c2)CCO1. The van der Waals surface area contributed by atoms with Crippen molar-refractivity contribution >= 4 is 16.9 Å². The molecular weight excluding hydrogens is 344 g/mol. The Labute approximate surface area is 156 Å². The van der Waals surface area contributed by atoms with Crippen LogP contribution in [-0.2, 0) is 4.74 Å². The standard InChI is InChI=1S/C21H20N2O4/c22-12-17-13-23(8-9-26-17)20(24)16-6-3-5-14(10-16)18-11-15-4-1-2-7-19(15)27-21(18)25/h1-7,10-11,17H,8-9,12-13,22H2. The second-order valence-corrected chi connectivity index (χ2v) is 6.55. The van der Waals surface area contributed by atoms with Crippen molar-refractivity contribution < 1.29 is 13.9 Å². The molecule has 3 aromatic rings. The molecule has 0 bridgehead atoms. The van der Waals surface area contributed by atoms with E-state index in [2.05, 4.69) is 0 Å². The molecule has 1 aliphatic rings. The highest BCUT2D eigenvalue weighted by atomic mass is 16.5. The zero-order valence-corrected chi connectivity index (χ0v) is 14.8. The third-order valence-electron chi connectivity index (χ3n) is 4.75. The first-order chi connectivity index (χ1) is 13.2. The summed E-state index contributed by atoms with van der Waals surface area (Å²) in [6, 6.07) is 16.2. The van der Waals surface area contributed by atoms with Crippen molar-refractivity contribution in [2.45, 2.75) is 6.10 Å². The molecule has 1 amide bonds. The highest BCUT2D eigenvalue weighted by Crippen LogP contribution is 2.22. The lowest BCUT2D eigenvalue weighted by Crippen LogP contribution is -2.48. The van der Waals surface area contributed by atoms with Gasteiger partial charge in [0, 0.05) is 30.6 Å². The highest BCUT2D eigenvalue weighted by Gasteiger charge is 2.24. The average Bonchev–Trinajstić information content (AvgIpc) is 2.73. The summed E-state index contributed by atoms with van der Waals surface area (Å²) in [6.07, 6.45) is -0.140. The molecule has 4 rings (SSSR count). The summed E-state index contributed by atoms with van der Waals surface area (Å²) in [7, 11) is 0. The highest BCUT2D eigenvalue weighted by molar-refractivity contribution is 5.95. The van der Waals surface area contributed by atoms with Crippen LogP contribution in [0.1, 0.15) is 10.4 Å². The van der Waals surface area contributed by atoms with Gasteiger partial charge in [-0.2, -0.15) is 0 Å². The number of ether oxygens (including phenoxy) is 1. The molecule has 2 N–H and O–H groups in total. The number of morpholine rings is 1. The van der Waals surface area contributed by atoms with E-state index in [0.29, 0.717) is 48.5 Å². The van der Waals surface area contributed by atoms with Crippen molar-refractivity contribution in [2.75, 3.05) is 26.2 Å². The van der Waals surface area contributed by atoms with E-state index in [-0.39, 0.29) is 12.0 Å². The second-order valence-electron chi connectivity index (χ2n) is 6.55. The van der Waals surface area contributed by atoms with Crippen molar-refractivity contribution in [3.05, 3.63) is 70.6 Å². The average molecular weight is 364 g/mol. The third-order valence-corrected chi connectivity index (χ3v) is 4.75.